The molecule has 0 aromatic heterocycles. The summed E-state index contributed by atoms with van der Waals surface area (Å²) >= 11 is 1.79. The van der Waals surface area contributed by atoms with Crippen molar-refractivity contribution in [3.8, 4) is 0 Å². The maximum atomic E-state index is 11.5. The van der Waals surface area contributed by atoms with E-state index in [1.807, 2.05) is 4.90 Å². The average molecular weight is 270 g/mol. The van der Waals surface area contributed by atoms with Gasteiger partial charge in [0.15, 0.2) is 0 Å². The molecule has 1 aliphatic heterocycles. The van der Waals surface area contributed by atoms with Gasteiger partial charge < -0.3 is 0 Å². The number of carbonyl (C=O) groups is 1. The van der Waals surface area contributed by atoms with Gasteiger partial charge in [-0.1, -0.05) is 0 Å². The summed E-state index contributed by atoms with van der Waals surface area (Å²) in [5.74, 6) is 1.04. The van der Waals surface area contributed by atoms with E-state index in [1.165, 1.54) is 0 Å². The van der Waals surface area contributed by atoms with E-state index in [2.05, 4.69) is 5.23 Å². The van der Waals surface area contributed by atoms with Gasteiger partial charge in [-0.25, -0.2) is 0 Å². The Morgan fingerprint density at radius 2 is 2.39 bits per heavy atom. The number of nitrogens with one attached hydrogen (secondary N) is 1. The van der Waals surface area contributed by atoms with Crippen LogP contribution in [-0.2, 0) is 9.50 Å². The number of Topliss-reactive ketones (excluding diaryl/α,β-unsaturated/α-hetero) is 1. The quantitative estimate of drug-likeness (QED) is 0.456. The van der Waals surface area contributed by atoms with Crippen molar-refractivity contribution in [3.05, 3.63) is 0 Å². The second kappa shape index (κ2) is 8.09. The molecule has 0 spiro atoms. The van der Waals surface area contributed by atoms with Gasteiger partial charge in [0.1, 0.15) is 0 Å². The molecule has 1 unspecified atom stereocenters. The van der Waals surface area contributed by atoms with Crippen LogP contribution in [0.1, 0.15) is 13.3 Å². The maximum absolute atomic E-state index is 11.5. The van der Waals surface area contributed by atoms with E-state index in [4.69, 9.17) is 5.02 Å². The Morgan fingerprint density at radius 3 is 2.94 bits per heavy atom. The summed E-state index contributed by atoms with van der Waals surface area (Å²) in [7, 11) is 0.378. The van der Waals surface area contributed by atoms with Crippen molar-refractivity contribution in [2.24, 2.45) is 0 Å². The molecular weight excluding hydrogens is 250 g/mol. The molecule has 0 radical (unpaired) electrons. The third-order valence-corrected chi connectivity index (χ3v) is 4.29. The molecule has 2 atom stereocenters. The molecule has 0 bridgehead atoms. The van der Waals surface area contributed by atoms with Crippen molar-refractivity contribution in [3.63, 3.8) is 0 Å². The summed E-state index contributed by atoms with van der Waals surface area (Å²) < 4.78 is 10.6. The minimum atomic E-state index is -0.481. The molecule has 1 rings (SSSR count). The molecule has 5 nitrogen and oxygen atoms in total. The topological polar surface area (TPSA) is 69.6 Å². The summed E-state index contributed by atoms with van der Waals surface area (Å²) in [6.07, 6.45) is 1.16. The first kappa shape index (κ1) is 15.9. The number of rotatable bonds is 8. The van der Waals surface area contributed by atoms with Gasteiger partial charge >= 0.3 is 113 Å². The first-order valence-electron chi connectivity index (χ1n) is 6.25. The van der Waals surface area contributed by atoms with Gasteiger partial charge in [-0.05, 0) is 0 Å². The molecule has 1 fully saturated rings. The number of ketones is 1. The van der Waals surface area contributed by atoms with E-state index in [1.54, 1.807) is 25.5 Å². The second-order valence-electron chi connectivity index (χ2n) is 4.61. The van der Waals surface area contributed by atoms with Crippen molar-refractivity contribution in [1.29, 1.82) is 0 Å². The van der Waals surface area contributed by atoms with Crippen molar-refractivity contribution >= 4 is 31.7 Å². The van der Waals surface area contributed by atoms with Crippen molar-refractivity contribution in [1.82, 2.24) is 10.1 Å². The summed E-state index contributed by atoms with van der Waals surface area (Å²) in [4.78, 5) is 13.4. The number of hydrogen-bond donors (Lipinski definition) is 2. The fourth-order valence-corrected chi connectivity index (χ4v) is 3.38. The molecule has 0 aromatic carbocycles. The summed E-state index contributed by atoms with van der Waals surface area (Å²) in [5.41, 5.74) is 0. The zero-order valence-electron chi connectivity index (χ0n) is 11.0. The van der Waals surface area contributed by atoms with Crippen molar-refractivity contribution in [2.75, 3.05) is 25.3 Å². The predicted octanol–water partition coefficient (Wildman–Crippen LogP) is -0.541. The average Bonchev–Trinajstić information content (AvgIpc) is 2.68. The van der Waals surface area contributed by atoms with Gasteiger partial charge in [0.05, 0.1) is 0 Å². The number of nitrogens with zero attached hydrogens (tertiary/aromatic N) is 1. The van der Waals surface area contributed by atoms with Crippen molar-refractivity contribution < 1.29 is 14.5 Å². The van der Waals surface area contributed by atoms with Gasteiger partial charge in [0.2, 0.25) is 0 Å². The number of carbonyl (C=O) groups excluding carboxylic acids is 1. The summed E-state index contributed by atoms with van der Waals surface area (Å²) in [6.45, 7) is 4.82. The zero-order valence-corrected chi connectivity index (χ0v) is 11.8. The minimum absolute atomic E-state index is 0.0996. The molecule has 0 saturated carbocycles. The van der Waals surface area contributed by atoms with E-state index >= 15 is 0 Å². The Hall–Kier alpha value is -0.170. The van der Waals surface area contributed by atoms with Crippen LogP contribution in [-0.4, -0.2) is 66.5 Å². The van der Waals surface area contributed by atoms with Gasteiger partial charge in [0, 0.05) is 0 Å². The Kier molecular flexibility index (Phi) is 7.14. The molecule has 100 valence electrons. The van der Waals surface area contributed by atoms with Crippen LogP contribution in [0.4, 0.5) is 0 Å². The van der Waals surface area contributed by atoms with E-state index in [0.29, 0.717) is 11.7 Å². The van der Waals surface area contributed by atoms with Crippen LogP contribution >= 0.6 is 11.8 Å². The van der Waals surface area contributed by atoms with E-state index < -0.39 is 7.05 Å². The standard InChI is InChI=1S/C10H20B2N2O3S/c1-8(15)10-5-9(6-14(10)7-11-16)18-4-3-13-12(2)17/h9-10,13,17H,3-7H2,1-2H3/t9?,10-/m0/s1. The van der Waals surface area contributed by atoms with Gasteiger partial charge in [-0.15, -0.1) is 0 Å². The van der Waals surface area contributed by atoms with E-state index in [0.717, 1.165) is 32.4 Å². The molecule has 8 heteroatoms. The molecule has 0 aliphatic carbocycles. The summed E-state index contributed by atoms with van der Waals surface area (Å²) in [5, 5.41) is 12.4. The third-order valence-electron chi connectivity index (χ3n) is 3.04. The number of likely N-dealkylation sites (tertiary alicyclic amines) is 1. The van der Waals surface area contributed by atoms with E-state index in [9.17, 15) is 9.50 Å². The molecule has 1 saturated heterocycles. The number of thioether (sulfide) groups is 1. The van der Waals surface area contributed by atoms with Crippen LogP contribution in [0.3, 0.4) is 0 Å². The zero-order chi connectivity index (χ0) is 13.5. The van der Waals surface area contributed by atoms with Crippen LogP contribution in [0.2, 0.25) is 6.82 Å². The fourth-order valence-electron chi connectivity index (χ4n) is 2.20. The summed E-state index contributed by atoms with van der Waals surface area (Å²) in [6, 6.07) is -0.0996. The van der Waals surface area contributed by atoms with Crippen LogP contribution in [0, 0.1) is 0 Å². The molecule has 0 aromatic rings. The Bertz CT molecular complexity index is 294. The number of hydrogen-bond acceptors (Lipinski definition) is 6. The van der Waals surface area contributed by atoms with E-state index in [-0.39, 0.29) is 11.8 Å². The Balaban J connectivity index is 2.31. The van der Waals surface area contributed by atoms with Crippen LogP contribution < -0.4 is 5.23 Å². The molecule has 0 amide bonds. The Morgan fingerprint density at radius 1 is 1.67 bits per heavy atom. The fraction of sp³-hybridized carbons (Fsp3) is 0.900. The van der Waals surface area contributed by atoms with Crippen molar-refractivity contribution in [2.45, 2.75) is 31.5 Å². The SMILES string of the molecule is CB(O)NCCSC1C[C@@H](C(C)=O)N(CB=O)C1. The van der Waals surface area contributed by atoms with Gasteiger partial charge in [-0.2, -0.15) is 0 Å². The first-order valence-corrected chi connectivity index (χ1v) is 7.30. The molecular formula is C10H20B2N2O3S. The van der Waals surface area contributed by atoms with Gasteiger partial charge in [-0.3, -0.25) is 0 Å². The van der Waals surface area contributed by atoms with Crippen LogP contribution in [0.15, 0.2) is 0 Å². The molecule has 1 heterocycles. The molecule has 1 aliphatic rings. The van der Waals surface area contributed by atoms with Crippen LogP contribution in [0.5, 0.6) is 0 Å². The monoisotopic (exact) mass is 270 g/mol. The molecule has 2 N–H and O–H groups in total. The first-order chi connectivity index (χ1) is 8.54. The second-order valence-corrected chi connectivity index (χ2v) is 6.01. The third kappa shape index (κ3) is 5.22. The Labute approximate surface area is 113 Å². The normalized spacial score (nSPS) is 23.9. The molecule has 18 heavy (non-hydrogen) atoms. The predicted molar refractivity (Wildman–Crippen MR) is 75.2 cm³/mol. The van der Waals surface area contributed by atoms with Gasteiger partial charge in [0.25, 0.3) is 0 Å². The van der Waals surface area contributed by atoms with Crippen LogP contribution in [0.25, 0.3) is 0 Å².